The van der Waals surface area contributed by atoms with Crippen LogP contribution in [0.2, 0.25) is 0 Å². The molecule has 0 amide bonds. The smallest absolute Gasteiger partial charge is 0.337 e. The normalized spacial score (nSPS) is 17.4. The summed E-state index contributed by atoms with van der Waals surface area (Å²) in [6.45, 7) is 2.66. The van der Waals surface area contributed by atoms with Crippen LogP contribution in [-0.4, -0.2) is 27.7 Å². The van der Waals surface area contributed by atoms with Crippen molar-refractivity contribution in [3.05, 3.63) is 63.7 Å². The third-order valence-corrected chi connectivity index (χ3v) is 7.14. The van der Waals surface area contributed by atoms with Crippen LogP contribution >= 0.6 is 0 Å². The Kier molecular flexibility index (Phi) is 4.92. The van der Waals surface area contributed by atoms with E-state index in [2.05, 4.69) is 5.32 Å². The van der Waals surface area contributed by atoms with Crippen molar-refractivity contribution in [2.45, 2.75) is 57.0 Å². The standard InChI is InChI=1S/C25H27N3O4/c1-15(26-20-8-4-3-7-17(20)23(30)31)18-13-16(32-2)14-19-21(18)27-24-25(9-5-6-10-25)11-12-28(24)22(19)29/h3-4,7-8,13-15,26H,5-6,9-12H2,1-2H3,(H,30,31)/t15-/m1/s1. The Morgan fingerprint density at radius 2 is 1.97 bits per heavy atom. The number of methoxy groups -OCH3 is 1. The molecule has 166 valence electrons. The fourth-order valence-corrected chi connectivity index (χ4v) is 5.45. The van der Waals surface area contributed by atoms with E-state index in [1.54, 1.807) is 37.4 Å². The number of nitrogens with zero attached hydrogens (tertiary/aromatic N) is 2. The summed E-state index contributed by atoms with van der Waals surface area (Å²) in [6, 6.07) is 10.2. The van der Waals surface area contributed by atoms with E-state index in [0.717, 1.165) is 30.7 Å². The van der Waals surface area contributed by atoms with E-state index < -0.39 is 5.97 Å². The molecule has 7 heteroatoms. The molecule has 5 rings (SSSR count). The van der Waals surface area contributed by atoms with Crippen LogP contribution in [0.25, 0.3) is 10.9 Å². The number of nitrogens with one attached hydrogen (secondary N) is 1. The number of aromatic carboxylic acids is 1. The monoisotopic (exact) mass is 433 g/mol. The van der Waals surface area contributed by atoms with Gasteiger partial charge in [-0.15, -0.1) is 0 Å². The first kappa shape index (κ1) is 20.5. The van der Waals surface area contributed by atoms with Crippen LogP contribution in [0.3, 0.4) is 0 Å². The summed E-state index contributed by atoms with van der Waals surface area (Å²) in [6.07, 6.45) is 5.48. The van der Waals surface area contributed by atoms with Crippen LogP contribution in [0.15, 0.2) is 41.2 Å². The number of rotatable bonds is 5. The molecule has 2 heterocycles. The predicted molar refractivity (Wildman–Crippen MR) is 123 cm³/mol. The maximum Gasteiger partial charge on any atom is 0.337 e. The molecule has 32 heavy (non-hydrogen) atoms. The molecule has 0 unspecified atom stereocenters. The molecule has 0 radical (unpaired) electrons. The lowest BCUT2D eigenvalue weighted by molar-refractivity contribution is 0.0698. The molecule has 7 nitrogen and oxygen atoms in total. The van der Waals surface area contributed by atoms with Gasteiger partial charge in [0.1, 0.15) is 11.6 Å². The Balaban J connectivity index is 1.67. The molecule has 2 aromatic carbocycles. The number of benzene rings is 2. The molecule has 2 aliphatic rings. The van der Waals surface area contributed by atoms with Crippen LogP contribution in [0.5, 0.6) is 5.75 Å². The van der Waals surface area contributed by atoms with Gasteiger partial charge in [-0.05, 0) is 50.5 Å². The molecule has 1 aromatic heterocycles. The van der Waals surface area contributed by atoms with Crippen LogP contribution < -0.4 is 15.6 Å². The number of fused-ring (bicyclic) bond motifs is 3. The van der Waals surface area contributed by atoms with E-state index in [-0.39, 0.29) is 22.6 Å². The van der Waals surface area contributed by atoms with Gasteiger partial charge in [-0.1, -0.05) is 25.0 Å². The topological polar surface area (TPSA) is 93.4 Å². The maximum atomic E-state index is 13.5. The minimum absolute atomic E-state index is 0.0110. The molecule has 3 aromatic rings. The quantitative estimate of drug-likeness (QED) is 0.616. The van der Waals surface area contributed by atoms with Crippen molar-refractivity contribution in [1.82, 2.24) is 9.55 Å². The second kappa shape index (κ2) is 7.65. The van der Waals surface area contributed by atoms with Gasteiger partial charge in [-0.3, -0.25) is 9.36 Å². The molecule has 2 N–H and O–H groups in total. The number of hydrogen-bond acceptors (Lipinski definition) is 5. The fraction of sp³-hybridized carbons (Fsp3) is 0.400. The second-order valence-electron chi connectivity index (χ2n) is 8.96. The predicted octanol–water partition coefficient (Wildman–Crippen LogP) is 4.49. The lowest BCUT2D eigenvalue weighted by Gasteiger charge is -2.24. The van der Waals surface area contributed by atoms with Crippen molar-refractivity contribution >= 4 is 22.6 Å². The van der Waals surface area contributed by atoms with Crippen molar-refractivity contribution in [2.75, 3.05) is 12.4 Å². The van der Waals surface area contributed by atoms with E-state index >= 15 is 0 Å². The number of aromatic nitrogens is 2. The highest BCUT2D eigenvalue weighted by Crippen LogP contribution is 2.47. The third-order valence-electron chi connectivity index (χ3n) is 7.14. The van der Waals surface area contributed by atoms with E-state index in [1.807, 2.05) is 17.6 Å². The number of para-hydroxylation sites is 1. The molecule has 1 aliphatic heterocycles. The maximum absolute atomic E-state index is 13.5. The van der Waals surface area contributed by atoms with Crippen molar-refractivity contribution in [1.29, 1.82) is 0 Å². The van der Waals surface area contributed by atoms with Gasteiger partial charge in [0.2, 0.25) is 0 Å². The third kappa shape index (κ3) is 3.15. The summed E-state index contributed by atoms with van der Waals surface area (Å²) in [5.74, 6) is 0.505. The average Bonchev–Trinajstić information content (AvgIpc) is 3.41. The van der Waals surface area contributed by atoms with Gasteiger partial charge in [0, 0.05) is 23.2 Å². The fourth-order valence-electron chi connectivity index (χ4n) is 5.45. The van der Waals surface area contributed by atoms with Gasteiger partial charge in [0.25, 0.3) is 5.56 Å². The van der Waals surface area contributed by atoms with Crippen LogP contribution in [0, 0.1) is 0 Å². The highest BCUT2D eigenvalue weighted by atomic mass is 16.5. The van der Waals surface area contributed by atoms with Gasteiger partial charge in [0.15, 0.2) is 0 Å². The zero-order valence-corrected chi connectivity index (χ0v) is 18.4. The van der Waals surface area contributed by atoms with Gasteiger partial charge in [-0.25, -0.2) is 9.78 Å². The number of hydrogen-bond donors (Lipinski definition) is 2. The van der Waals surface area contributed by atoms with E-state index in [0.29, 0.717) is 28.9 Å². The number of anilines is 1. The summed E-state index contributed by atoms with van der Waals surface area (Å²) in [5.41, 5.74) is 2.20. The molecular weight excluding hydrogens is 406 g/mol. The largest absolute Gasteiger partial charge is 0.497 e. The van der Waals surface area contributed by atoms with Crippen LogP contribution in [-0.2, 0) is 12.0 Å². The SMILES string of the molecule is COc1cc([C@@H](C)Nc2ccccc2C(=O)O)c2nc3n(c(=O)c2c1)CCC31CCCC1. The second-order valence-corrected chi connectivity index (χ2v) is 8.96. The highest BCUT2D eigenvalue weighted by Gasteiger charge is 2.43. The zero-order valence-electron chi connectivity index (χ0n) is 18.4. The molecule has 1 spiro atoms. The first-order valence-electron chi connectivity index (χ1n) is 11.2. The zero-order chi connectivity index (χ0) is 22.5. The highest BCUT2D eigenvalue weighted by molar-refractivity contribution is 5.94. The number of carboxylic acids is 1. The molecule has 1 saturated carbocycles. The van der Waals surface area contributed by atoms with Crippen molar-refractivity contribution in [3.8, 4) is 5.75 Å². The summed E-state index contributed by atoms with van der Waals surface area (Å²) in [4.78, 5) is 30.2. The Labute approximate surface area is 186 Å². The van der Waals surface area contributed by atoms with E-state index in [4.69, 9.17) is 9.72 Å². The Hall–Kier alpha value is -3.35. The van der Waals surface area contributed by atoms with E-state index in [1.165, 1.54) is 12.8 Å². The number of carboxylic acid groups (broad SMARTS) is 1. The molecule has 0 saturated heterocycles. The number of carbonyl (C=O) groups is 1. The Morgan fingerprint density at radius 3 is 2.69 bits per heavy atom. The van der Waals surface area contributed by atoms with E-state index in [9.17, 15) is 14.7 Å². The lowest BCUT2D eigenvalue weighted by Crippen LogP contribution is -2.27. The van der Waals surface area contributed by atoms with Crippen LogP contribution in [0.1, 0.15) is 66.8 Å². The molecule has 1 aliphatic carbocycles. The number of ether oxygens (including phenoxy) is 1. The summed E-state index contributed by atoms with van der Waals surface area (Å²) in [5, 5.41) is 13.4. The van der Waals surface area contributed by atoms with Gasteiger partial charge in [-0.2, -0.15) is 0 Å². The van der Waals surface area contributed by atoms with Gasteiger partial charge >= 0.3 is 5.97 Å². The summed E-state index contributed by atoms with van der Waals surface area (Å²) < 4.78 is 7.35. The van der Waals surface area contributed by atoms with Gasteiger partial charge < -0.3 is 15.2 Å². The Bertz CT molecular complexity index is 1270. The van der Waals surface area contributed by atoms with Gasteiger partial charge in [0.05, 0.1) is 29.6 Å². The van der Waals surface area contributed by atoms with Crippen molar-refractivity contribution in [3.63, 3.8) is 0 Å². The first-order valence-corrected chi connectivity index (χ1v) is 11.2. The lowest BCUT2D eigenvalue weighted by atomic mass is 9.84. The first-order chi connectivity index (χ1) is 15.4. The molecule has 1 fully saturated rings. The summed E-state index contributed by atoms with van der Waals surface area (Å²) >= 11 is 0. The Morgan fingerprint density at radius 1 is 1.22 bits per heavy atom. The summed E-state index contributed by atoms with van der Waals surface area (Å²) in [7, 11) is 1.58. The molecule has 0 bridgehead atoms. The molecule has 1 atom stereocenters. The average molecular weight is 434 g/mol. The van der Waals surface area contributed by atoms with Crippen molar-refractivity contribution in [2.24, 2.45) is 0 Å². The van der Waals surface area contributed by atoms with Crippen molar-refractivity contribution < 1.29 is 14.6 Å². The minimum atomic E-state index is -0.992. The van der Waals surface area contributed by atoms with Crippen LogP contribution in [0.4, 0.5) is 5.69 Å². The molecular formula is C25H27N3O4. The minimum Gasteiger partial charge on any atom is -0.497 e.